The SMILES string of the molecule is CC(CO)CSc1cc(C(=O)N(C)C)ccc1[N+](=O)[O-]. The minimum atomic E-state index is -0.462. The first kappa shape index (κ1) is 16.5. The van der Waals surface area contributed by atoms with Gasteiger partial charge >= 0.3 is 0 Å². The summed E-state index contributed by atoms with van der Waals surface area (Å²) >= 11 is 1.28. The molecule has 1 atom stereocenters. The standard InChI is InChI=1S/C13H18N2O4S/c1-9(7-16)8-20-12-6-10(13(17)14(2)3)4-5-11(12)15(18)19/h4-6,9,16H,7-8H2,1-3H3. The maximum absolute atomic E-state index is 11.9. The van der Waals surface area contributed by atoms with Crippen LogP contribution in [0.3, 0.4) is 0 Å². The van der Waals surface area contributed by atoms with Crippen LogP contribution in [0.4, 0.5) is 5.69 Å². The largest absolute Gasteiger partial charge is 0.396 e. The monoisotopic (exact) mass is 298 g/mol. The second-order valence-electron chi connectivity index (χ2n) is 4.74. The number of aliphatic hydroxyl groups is 1. The van der Waals surface area contributed by atoms with E-state index in [1.54, 1.807) is 14.1 Å². The first-order chi connectivity index (χ1) is 9.36. The van der Waals surface area contributed by atoms with E-state index in [0.717, 1.165) is 0 Å². The molecule has 0 spiro atoms. The molecule has 0 bridgehead atoms. The van der Waals surface area contributed by atoms with Crippen molar-refractivity contribution in [3.8, 4) is 0 Å². The van der Waals surface area contributed by atoms with Crippen LogP contribution in [0.1, 0.15) is 17.3 Å². The first-order valence-corrected chi connectivity index (χ1v) is 7.09. The van der Waals surface area contributed by atoms with Crippen molar-refractivity contribution < 1.29 is 14.8 Å². The number of amides is 1. The summed E-state index contributed by atoms with van der Waals surface area (Å²) in [5, 5.41) is 20.0. The van der Waals surface area contributed by atoms with Crippen molar-refractivity contribution in [2.75, 3.05) is 26.5 Å². The number of nitrogens with zero attached hydrogens (tertiary/aromatic N) is 2. The van der Waals surface area contributed by atoms with Gasteiger partial charge in [0.25, 0.3) is 11.6 Å². The molecule has 7 heteroatoms. The molecule has 0 fully saturated rings. The van der Waals surface area contributed by atoms with Crippen LogP contribution in [0, 0.1) is 16.0 Å². The minimum Gasteiger partial charge on any atom is -0.396 e. The van der Waals surface area contributed by atoms with E-state index in [1.807, 2.05) is 6.92 Å². The predicted octanol–water partition coefficient (Wildman–Crippen LogP) is 2.02. The number of aliphatic hydroxyl groups excluding tert-OH is 1. The van der Waals surface area contributed by atoms with Gasteiger partial charge in [-0.1, -0.05) is 6.92 Å². The highest BCUT2D eigenvalue weighted by atomic mass is 32.2. The number of benzene rings is 1. The highest BCUT2D eigenvalue weighted by molar-refractivity contribution is 7.99. The Labute approximate surface area is 121 Å². The van der Waals surface area contributed by atoms with E-state index in [2.05, 4.69) is 0 Å². The third-order valence-corrected chi connectivity index (χ3v) is 4.02. The number of carbonyl (C=O) groups excluding carboxylic acids is 1. The van der Waals surface area contributed by atoms with Crippen LogP contribution in [-0.4, -0.2) is 47.3 Å². The van der Waals surface area contributed by atoms with Crippen molar-refractivity contribution in [2.24, 2.45) is 5.92 Å². The fourth-order valence-corrected chi connectivity index (χ4v) is 2.53. The number of carbonyl (C=O) groups is 1. The Bertz CT molecular complexity index is 505. The van der Waals surface area contributed by atoms with E-state index in [9.17, 15) is 14.9 Å². The van der Waals surface area contributed by atoms with Crippen molar-refractivity contribution in [2.45, 2.75) is 11.8 Å². The predicted molar refractivity (Wildman–Crippen MR) is 78.1 cm³/mol. The van der Waals surface area contributed by atoms with Crippen LogP contribution in [-0.2, 0) is 0 Å². The molecule has 1 amide bonds. The Morgan fingerprint density at radius 3 is 2.65 bits per heavy atom. The number of rotatable bonds is 6. The van der Waals surface area contributed by atoms with Gasteiger partial charge in [-0.15, -0.1) is 11.8 Å². The van der Waals surface area contributed by atoms with Crippen molar-refractivity contribution in [1.29, 1.82) is 0 Å². The van der Waals surface area contributed by atoms with Crippen LogP contribution < -0.4 is 0 Å². The molecule has 0 aliphatic rings. The molecule has 0 aliphatic carbocycles. The summed E-state index contributed by atoms with van der Waals surface area (Å²) in [7, 11) is 3.26. The van der Waals surface area contributed by atoms with Crippen LogP contribution in [0.25, 0.3) is 0 Å². The lowest BCUT2D eigenvalue weighted by molar-refractivity contribution is -0.387. The fraction of sp³-hybridized carbons (Fsp3) is 0.462. The number of hydrogen-bond acceptors (Lipinski definition) is 5. The highest BCUT2D eigenvalue weighted by Gasteiger charge is 2.18. The molecule has 6 nitrogen and oxygen atoms in total. The molecule has 1 N–H and O–H groups in total. The van der Waals surface area contributed by atoms with Gasteiger partial charge < -0.3 is 10.0 Å². The molecule has 110 valence electrons. The molecular weight excluding hydrogens is 280 g/mol. The smallest absolute Gasteiger partial charge is 0.282 e. The van der Waals surface area contributed by atoms with E-state index >= 15 is 0 Å². The van der Waals surface area contributed by atoms with Crippen molar-refractivity contribution in [3.05, 3.63) is 33.9 Å². The molecule has 0 radical (unpaired) electrons. The zero-order valence-electron chi connectivity index (χ0n) is 11.7. The third-order valence-electron chi connectivity index (χ3n) is 2.64. The van der Waals surface area contributed by atoms with E-state index in [1.165, 1.54) is 34.9 Å². The van der Waals surface area contributed by atoms with E-state index in [4.69, 9.17) is 5.11 Å². The molecule has 1 unspecified atom stereocenters. The lowest BCUT2D eigenvalue weighted by atomic mass is 10.2. The van der Waals surface area contributed by atoms with Crippen LogP contribution in [0.2, 0.25) is 0 Å². The number of nitro benzene ring substituents is 1. The summed E-state index contributed by atoms with van der Waals surface area (Å²) in [5.41, 5.74) is 0.398. The minimum absolute atomic E-state index is 0.0181. The molecule has 20 heavy (non-hydrogen) atoms. The van der Waals surface area contributed by atoms with Gasteiger partial charge in [0.15, 0.2) is 0 Å². The van der Waals surface area contributed by atoms with Gasteiger partial charge in [0, 0.05) is 38.1 Å². The molecule has 0 saturated heterocycles. The maximum atomic E-state index is 11.9. The van der Waals surface area contributed by atoms with Gasteiger partial charge in [0.05, 0.1) is 9.82 Å². The lowest BCUT2D eigenvalue weighted by Gasteiger charge is -2.12. The van der Waals surface area contributed by atoms with Gasteiger partial charge in [-0.05, 0) is 18.1 Å². The number of thioether (sulfide) groups is 1. The zero-order valence-corrected chi connectivity index (χ0v) is 12.5. The summed E-state index contributed by atoms with van der Waals surface area (Å²) in [4.78, 5) is 24.3. The van der Waals surface area contributed by atoms with Gasteiger partial charge in [-0.2, -0.15) is 0 Å². The summed E-state index contributed by atoms with van der Waals surface area (Å²) in [6.45, 7) is 1.88. The quantitative estimate of drug-likeness (QED) is 0.493. The summed E-state index contributed by atoms with van der Waals surface area (Å²) in [5.74, 6) is 0.390. The van der Waals surface area contributed by atoms with Crippen molar-refractivity contribution >= 4 is 23.4 Å². The molecule has 0 aromatic heterocycles. The van der Waals surface area contributed by atoms with Gasteiger partial charge in [-0.25, -0.2) is 0 Å². The molecule has 1 aromatic carbocycles. The topological polar surface area (TPSA) is 83.7 Å². The lowest BCUT2D eigenvalue weighted by Crippen LogP contribution is -2.21. The summed E-state index contributed by atoms with van der Waals surface area (Å²) in [6, 6.07) is 4.35. The Kier molecular flexibility index (Phi) is 5.97. The van der Waals surface area contributed by atoms with Crippen LogP contribution >= 0.6 is 11.8 Å². The molecule has 1 rings (SSSR count). The molecule has 1 aromatic rings. The Balaban J connectivity index is 3.06. The molecule has 0 heterocycles. The Morgan fingerprint density at radius 2 is 2.15 bits per heavy atom. The average molecular weight is 298 g/mol. The number of hydrogen-bond donors (Lipinski definition) is 1. The summed E-state index contributed by atoms with van der Waals surface area (Å²) < 4.78 is 0. The van der Waals surface area contributed by atoms with Crippen LogP contribution in [0.15, 0.2) is 23.1 Å². The number of nitro groups is 1. The molecule has 0 aliphatic heterocycles. The maximum Gasteiger partial charge on any atom is 0.282 e. The highest BCUT2D eigenvalue weighted by Crippen LogP contribution is 2.31. The zero-order chi connectivity index (χ0) is 15.3. The van der Waals surface area contributed by atoms with Gasteiger partial charge in [0.2, 0.25) is 0 Å². The first-order valence-electron chi connectivity index (χ1n) is 6.10. The van der Waals surface area contributed by atoms with Gasteiger partial charge in [-0.3, -0.25) is 14.9 Å². The normalized spacial score (nSPS) is 12.0. The fourth-order valence-electron chi connectivity index (χ4n) is 1.46. The third kappa shape index (κ3) is 4.21. The van der Waals surface area contributed by atoms with Crippen molar-refractivity contribution in [3.63, 3.8) is 0 Å². The Morgan fingerprint density at radius 1 is 1.50 bits per heavy atom. The van der Waals surface area contributed by atoms with Crippen LogP contribution in [0.5, 0.6) is 0 Å². The van der Waals surface area contributed by atoms with E-state index < -0.39 is 4.92 Å². The summed E-state index contributed by atoms with van der Waals surface area (Å²) in [6.07, 6.45) is 0. The second kappa shape index (κ2) is 7.25. The van der Waals surface area contributed by atoms with Gasteiger partial charge in [0.1, 0.15) is 0 Å². The Hall–Kier alpha value is -1.60. The van der Waals surface area contributed by atoms with E-state index in [-0.39, 0.29) is 24.1 Å². The molecular formula is C13H18N2O4S. The van der Waals surface area contributed by atoms with Crippen molar-refractivity contribution in [1.82, 2.24) is 4.90 Å². The average Bonchev–Trinajstić information content (AvgIpc) is 2.43. The second-order valence-corrected chi connectivity index (χ2v) is 5.80. The molecule has 0 saturated carbocycles. The van der Waals surface area contributed by atoms with E-state index in [0.29, 0.717) is 16.2 Å².